The van der Waals surface area contributed by atoms with Crippen LogP contribution in [0.25, 0.3) is 0 Å². The molecule has 0 bridgehead atoms. The van der Waals surface area contributed by atoms with Crippen molar-refractivity contribution in [1.82, 2.24) is 0 Å². The zero-order valence-corrected chi connectivity index (χ0v) is 11.0. The number of hydrogen-bond donors (Lipinski definition) is 0. The van der Waals surface area contributed by atoms with Gasteiger partial charge in [-0.1, -0.05) is 41.0 Å². The van der Waals surface area contributed by atoms with Crippen LogP contribution < -0.4 is 0 Å². The molecule has 17 heavy (non-hydrogen) atoms. The summed E-state index contributed by atoms with van der Waals surface area (Å²) < 4.78 is 0. The third-order valence-corrected chi connectivity index (χ3v) is 3.81. The molecule has 0 unspecified atom stereocenters. The number of nitrogens with zero attached hydrogens (tertiary/aromatic N) is 1. The van der Waals surface area contributed by atoms with Crippen molar-refractivity contribution in [1.29, 1.82) is 5.26 Å². The van der Waals surface area contributed by atoms with Crippen LogP contribution in [0.2, 0.25) is 10.0 Å². The van der Waals surface area contributed by atoms with E-state index in [4.69, 9.17) is 28.5 Å². The minimum Gasteiger partial charge on any atom is -0.192 e. The summed E-state index contributed by atoms with van der Waals surface area (Å²) in [4.78, 5) is 1.93. The van der Waals surface area contributed by atoms with Crippen LogP contribution in [-0.4, -0.2) is 0 Å². The highest BCUT2D eigenvalue weighted by molar-refractivity contribution is 7.99. The van der Waals surface area contributed by atoms with Crippen LogP contribution in [0.4, 0.5) is 0 Å². The second-order valence-corrected chi connectivity index (χ2v) is 5.28. The van der Waals surface area contributed by atoms with E-state index in [-0.39, 0.29) is 0 Å². The Kier molecular flexibility index (Phi) is 3.96. The van der Waals surface area contributed by atoms with Crippen molar-refractivity contribution in [3.05, 3.63) is 58.1 Å². The van der Waals surface area contributed by atoms with Crippen LogP contribution in [0.15, 0.2) is 52.3 Å². The van der Waals surface area contributed by atoms with Gasteiger partial charge in [0.15, 0.2) is 0 Å². The summed E-state index contributed by atoms with van der Waals surface area (Å²) in [7, 11) is 0. The number of rotatable bonds is 2. The number of nitriles is 1. The zero-order valence-electron chi connectivity index (χ0n) is 8.65. The Balaban J connectivity index is 2.28. The van der Waals surface area contributed by atoms with Gasteiger partial charge in [0.05, 0.1) is 16.7 Å². The second-order valence-electron chi connectivity index (χ2n) is 3.32. The molecule has 0 amide bonds. The topological polar surface area (TPSA) is 23.8 Å². The summed E-state index contributed by atoms with van der Waals surface area (Å²) in [6.45, 7) is 0. The van der Waals surface area contributed by atoms with Crippen molar-refractivity contribution in [2.24, 2.45) is 0 Å². The first-order valence-electron chi connectivity index (χ1n) is 4.82. The van der Waals surface area contributed by atoms with E-state index in [0.717, 1.165) is 9.79 Å². The average molecular weight is 280 g/mol. The quantitative estimate of drug-likeness (QED) is 0.771. The second kappa shape index (κ2) is 5.46. The van der Waals surface area contributed by atoms with Crippen LogP contribution in [-0.2, 0) is 0 Å². The Morgan fingerprint density at radius 1 is 1.06 bits per heavy atom. The van der Waals surface area contributed by atoms with Crippen LogP contribution in [0.1, 0.15) is 5.56 Å². The molecule has 2 aromatic rings. The molecule has 0 N–H and O–H groups in total. The van der Waals surface area contributed by atoms with Gasteiger partial charge in [0.2, 0.25) is 0 Å². The number of hydrogen-bond acceptors (Lipinski definition) is 2. The van der Waals surface area contributed by atoms with E-state index in [2.05, 4.69) is 6.07 Å². The first-order valence-corrected chi connectivity index (χ1v) is 6.39. The minimum atomic E-state index is 0.561. The van der Waals surface area contributed by atoms with E-state index in [9.17, 15) is 0 Å². The first kappa shape index (κ1) is 12.3. The summed E-state index contributed by atoms with van der Waals surface area (Å²) in [5.41, 5.74) is 0.561. The van der Waals surface area contributed by atoms with Gasteiger partial charge in [0.1, 0.15) is 0 Å². The lowest BCUT2D eigenvalue weighted by Crippen LogP contribution is -1.79. The summed E-state index contributed by atoms with van der Waals surface area (Å²) in [5, 5.41) is 10.0. The van der Waals surface area contributed by atoms with Crippen molar-refractivity contribution in [2.75, 3.05) is 0 Å². The molecule has 2 aromatic carbocycles. The molecular weight excluding hydrogens is 273 g/mol. The standard InChI is InChI=1S/C13H7Cl2NS/c14-10-2-1-3-11(7-10)17-13-5-4-9(8-16)6-12(13)15/h1-7H. The fourth-order valence-corrected chi connectivity index (χ4v) is 2.74. The van der Waals surface area contributed by atoms with E-state index in [1.54, 1.807) is 12.1 Å². The van der Waals surface area contributed by atoms with Gasteiger partial charge in [-0.3, -0.25) is 0 Å². The summed E-state index contributed by atoms with van der Waals surface area (Å²) >= 11 is 13.5. The van der Waals surface area contributed by atoms with E-state index < -0.39 is 0 Å². The molecule has 0 saturated carbocycles. The van der Waals surface area contributed by atoms with Crippen molar-refractivity contribution in [3.63, 3.8) is 0 Å². The lowest BCUT2D eigenvalue weighted by Gasteiger charge is -2.04. The molecule has 4 heteroatoms. The zero-order chi connectivity index (χ0) is 12.3. The summed E-state index contributed by atoms with van der Waals surface area (Å²) in [6, 6.07) is 14.9. The van der Waals surface area contributed by atoms with Gasteiger partial charge < -0.3 is 0 Å². The predicted molar refractivity (Wildman–Crippen MR) is 71.7 cm³/mol. The van der Waals surface area contributed by atoms with E-state index >= 15 is 0 Å². The van der Waals surface area contributed by atoms with Gasteiger partial charge in [0, 0.05) is 14.8 Å². The normalized spacial score (nSPS) is 9.94. The molecule has 84 valence electrons. The van der Waals surface area contributed by atoms with Gasteiger partial charge in [-0.2, -0.15) is 5.26 Å². The third-order valence-electron chi connectivity index (χ3n) is 2.08. The molecule has 0 aliphatic heterocycles. The molecule has 2 rings (SSSR count). The lowest BCUT2D eigenvalue weighted by molar-refractivity contribution is 1.39. The van der Waals surface area contributed by atoms with Crippen LogP contribution in [0.5, 0.6) is 0 Å². The average Bonchev–Trinajstić information content (AvgIpc) is 2.32. The SMILES string of the molecule is N#Cc1ccc(Sc2cccc(Cl)c2)c(Cl)c1. The van der Waals surface area contributed by atoms with Crippen LogP contribution in [0, 0.1) is 11.3 Å². The number of halogens is 2. The first-order chi connectivity index (χ1) is 8.19. The molecule has 0 fully saturated rings. The molecule has 0 spiro atoms. The predicted octanol–water partition coefficient (Wildman–Crippen LogP) is 5.02. The Bertz CT molecular complexity index is 590. The van der Waals surface area contributed by atoms with E-state index in [0.29, 0.717) is 15.6 Å². The Hall–Kier alpha value is -1.14. The smallest absolute Gasteiger partial charge is 0.0992 e. The van der Waals surface area contributed by atoms with Gasteiger partial charge in [0.25, 0.3) is 0 Å². The third kappa shape index (κ3) is 3.17. The van der Waals surface area contributed by atoms with E-state index in [1.165, 1.54) is 11.8 Å². The highest BCUT2D eigenvalue weighted by Gasteiger charge is 2.04. The number of benzene rings is 2. The maximum atomic E-state index is 8.75. The molecule has 0 aromatic heterocycles. The Morgan fingerprint density at radius 3 is 2.53 bits per heavy atom. The van der Waals surface area contributed by atoms with E-state index in [1.807, 2.05) is 30.3 Å². The monoisotopic (exact) mass is 279 g/mol. The molecule has 0 heterocycles. The van der Waals surface area contributed by atoms with Crippen molar-refractivity contribution >= 4 is 35.0 Å². The van der Waals surface area contributed by atoms with Crippen molar-refractivity contribution in [3.8, 4) is 6.07 Å². The van der Waals surface area contributed by atoms with Gasteiger partial charge in [-0.25, -0.2) is 0 Å². The summed E-state index contributed by atoms with van der Waals surface area (Å²) in [5.74, 6) is 0. The Morgan fingerprint density at radius 2 is 1.88 bits per heavy atom. The summed E-state index contributed by atoms with van der Waals surface area (Å²) in [6.07, 6.45) is 0. The Labute approximate surface area is 114 Å². The fourth-order valence-electron chi connectivity index (χ4n) is 1.31. The van der Waals surface area contributed by atoms with Crippen LogP contribution >= 0.6 is 35.0 Å². The molecule has 1 nitrogen and oxygen atoms in total. The molecular formula is C13H7Cl2NS. The van der Waals surface area contributed by atoms with Crippen molar-refractivity contribution in [2.45, 2.75) is 9.79 Å². The molecule has 0 radical (unpaired) electrons. The highest BCUT2D eigenvalue weighted by Crippen LogP contribution is 2.34. The molecule has 0 aliphatic carbocycles. The highest BCUT2D eigenvalue weighted by atomic mass is 35.5. The van der Waals surface area contributed by atoms with Crippen LogP contribution in [0.3, 0.4) is 0 Å². The maximum Gasteiger partial charge on any atom is 0.0992 e. The lowest BCUT2D eigenvalue weighted by atomic mass is 10.2. The van der Waals surface area contributed by atoms with Gasteiger partial charge in [-0.05, 0) is 36.4 Å². The molecule has 0 saturated heterocycles. The van der Waals surface area contributed by atoms with Gasteiger partial charge >= 0.3 is 0 Å². The minimum absolute atomic E-state index is 0.561. The molecule has 0 aliphatic rings. The fraction of sp³-hybridized carbons (Fsp3) is 0. The largest absolute Gasteiger partial charge is 0.192 e. The van der Waals surface area contributed by atoms with Crippen molar-refractivity contribution < 1.29 is 0 Å². The van der Waals surface area contributed by atoms with Gasteiger partial charge in [-0.15, -0.1) is 0 Å². The maximum absolute atomic E-state index is 8.75. The molecule has 0 atom stereocenters.